The maximum absolute atomic E-state index is 14.4. The minimum atomic E-state index is -0.991. The molecule has 44 heavy (non-hydrogen) atoms. The van der Waals surface area contributed by atoms with Crippen molar-refractivity contribution >= 4 is 40.3 Å². The van der Waals surface area contributed by atoms with Crippen molar-refractivity contribution < 1.29 is 23.8 Å². The van der Waals surface area contributed by atoms with Crippen LogP contribution in [0.2, 0.25) is 5.02 Å². The van der Waals surface area contributed by atoms with Gasteiger partial charge in [-0.1, -0.05) is 17.7 Å². The first-order valence-electron chi connectivity index (χ1n) is 14.7. The number of carboxylic acid groups (broad SMARTS) is 1. The topological polar surface area (TPSA) is 101 Å². The van der Waals surface area contributed by atoms with Gasteiger partial charge in [-0.05, 0) is 75.6 Å². The Bertz CT molecular complexity index is 1760. The minimum absolute atomic E-state index is 0.0626. The third kappa shape index (κ3) is 5.52. The third-order valence-electron chi connectivity index (χ3n) is 8.72. The van der Waals surface area contributed by atoms with E-state index in [-0.39, 0.29) is 16.5 Å². The molecular weight excluding hydrogens is 585 g/mol. The molecule has 5 heterocycles. The molecule has 0 saturated carbocycles. The second-order valence-electron chi connectivity index (χ2n) is 12.4. The van der Waals surface area contributed by atoms with Crippen molar-refractivity contribution in [3.8, 4) is 11.1 Å². The number of hydrogen-bond acceptors (Lipinski definition) is 6. The van der Waals surface area contributed by atoms with Gasteiger partial charge in [0.25, 0.3) is 5.91 Å². The van der Waals surface area contributed by atoms with Gasteiger partial charge >= 0.3 is 5.97 Å². The number of anilines is 1. The average molecular weight is 620 g/mol. The summed E-state index contributed by atoms with van der Waals surface area (Å²) in [6, 6.07) is 10.2. The normalized spacial score (nSPS) is 18.3. The molecule has 1 atom stereocenters. The van der Waals surface area contributed by atoms with Crippen LogP contribution in [-0.4, -0.2) is 74.8 Å². The molecule has 0 spiro atoms. The molecule has 11 heteroatoms. The Labute approximate surface area is 260 Å². The minimum Gasteiger partial charge on any atom is -0.478 e. The molecule has 230 valence electrons. The van der Waals surface area contributed by atoms with Crippen LogP contribution < -0.4 is 4.90 Å². The van der Waals surface area contributed by atoms with E-state index in [1.54, 1.807) is 38.1 Å². The third-order valence-corrected chi connectivity index (χ3v) is 9.03. The van der Waals surface area contributed by atoms with E-state index in [4.69, 9.17) is 21.3 Å². The number of aromatic nitrogens is 3. The number of amides is 1. The van der Waals surface area contributed by atoms with Crippen molar-refractivity contribution in [3.63, 3.8) is 0 Å². The van der Waals surface area contributed by atoms with E-state index in [9.17, 15) is 19.1 Å². The predicted molar refractivity (Wildman–Crippen MR) is 167 cm³/mol. The van der Waals surface area contributed by atoms with Crippen LogP contribution in [0.1, 0.15) is 52.4 Å². The van der Waals surface area contributed by atoms with Crippen LogP contribution in [0.5, 0.6) is 0 Å². The molecule has 9 nitrogen and oxygen atoms in total. The van der Waals surface area contributed by atoms with Crippen LogP contribution in [0.25, 0.3) is 22.2 Å². The Morgan fingerprint density at radius 2 is 1.93 bits per heavy atom. The fourth-order valence-electron chi connectivity index (χ4n) is 6.48. The van der Waals surface area contributed by atoms with Crippen molar-refractivity contribution in [2.45, 2.75) is 46.2 Å². The summed E-state index contributed by atoms with van der Waals surface area (Å²) >= 11 is 5.96. The number of carbonyl (C=O) groups is 2. The summed E-state index contributed by atoms with van der Waals surface area (Å²) in [5.74, 6) is -0.638. The van der Waals surface area contributed by atoms with E-state index >= 15 is 0 Å². The highest BCUT2D eigenvalue weighted by Gasteiger charge is 2.38. The van der Waals surface area contributed by atoms with Gasteiger partial charge in [0, 0.05) is 55.9 Å². The van der Waals surface area contributed by atoms with Gasteiger partial charge in [-0.2, -0.15) is 0 Å². The van der Waals surface area contributed by atoms with E-state index in [1.165, 1.54) is 6.07 Å². The van der Waals surface area contributed by atoms with Crippen molar-refractivity contribution in [2.24, 2.45) is 5.92 Å². The molecule has 0 aliphatic carbocycles. The fraction of sp³-hybridized carbons (Fsp3) is 0.394. The standard InChI is InChI=1S/C33H35ClFN5O4/c1-19-13-28(36-20(2)29(19)32(42)43)38-10-11-40(33(3,4)18-38)31(41)27-8-6-23-24(22-5-7-25(34)26(35)14-22)16-39(30(23)37-27)15-21-9-12-44-17-21/h5-8,13-14,16,21H,9-12,15,17-18H2,1-4H3,(H,42,43). The van der Waals surface area contributed by atoms with E-state index in [2.05, 4.69) is 9.88 Å². The van der Waals surface area contributed by atoms with E-state index < -0.39 is 17.3 Å². The molecule has 2 saturated heterocycles. The first kappa shape index (κ1) is 30.0. The molecule has 3 aromatic heterocycles. The van der Waals surface area contributed by atoms with Crippen molar-refractivity contribution in [1.82, 2.24) is 19.4 Å². The number of hydrogen-bond donors (Lipinski definition) is 1. The molecule has 1 amide bonds. The van der Waals surface area contributed by atoms with E-state index in [1.807, 2.05) is 35.6 Å². The number of carbonyl (C=O) groups excluding carboxylic acids is 1. The number of ether oxygens (including phenoxy) is 1. The first-order valence-corrected chi connectivity index (χ1v) is 15.1. The Balaban J connectivity index is 1.30. The number of rotatable bonds is 6. The number of fused-ring (bicyclic) bond motifs is 1. The number of aromatic carboxylic acids is 1. The molecule has 1 N–H and O–H groups in total. The highest BCUT2D eigenvalue weighted by Crippen LogP contribution is 2.34. The number of benzene rings is 1. The SMILES string of the molecule is Cc1cc(N2CCN(C(=O)c3ccc4c(-c5ccc(Cl)c(F)c5)cn(CC5CCOC5)c4n3)C(C)(C)C2)nc(C)c1C(=O)O. The molecule has 6 rings (SSSR count). The van der Waals surface area contributed by atoms with Crippen molar-refractivity contribution in [2.75, 3.05) is 37.7 Å². The molecule has 2 aliphatic rings. The van der Waals surface area contributed by atoms with Gasteiger partial charge in [-0.15, -0.1) is 0 Å². The zero-order valence-electron chi connectivity index (χ0n) is 25.2. The van der Waals surface area contributed by atoms with E-state index in [0.29, 0.717) is 72.7 Å². The molecule has 2 aliphatic heterocycles. The lowest BCUT2D eigenvalue weighted by molar-refractivity contribution is 0.0507. The maximum atomic E-state index is 14.4. The Kier molecular flexibility index (Phi) is 7.83. The molecule has 1 aromatic carbocycles. The zero-order chi connectivity index (χ0) is 31.3. The Morgan fingerprint density at radius 1 is 1.14 bits per heavy atom. The molecule has 2 fully saturated rings. The van der Waals surface area contributed by atoms with Crippen molar-refractivity contribution in [3.05, 3.63) is 75.9 Å². The molecule has 0 bridgehead atoms. The molecule has 1 unspecified atom stereocenters. The first-order chi connectivity index (χ1) is 20.9. The number of pyridine rings is 2. The summed E-state index contributed by atoms with van der Waals surface area (Å²) in [4.78, 5) is 39.1. The van der Waals surface area contributed by atoms with E-state index in [0.717, 1.165) is 24.0 Å². The number of piperazine rings is 1. The highest BCUT2D eigenvalue weighted by atomic mass is 35.5. The second kappa shape index (κ2) is 11.5. The second-order valence-corrected chi connectivity index (χ2v) is 12.8. The quantitative estimate of drug-likeness (QED) is 0.283. The summed E-state index contributed by atoms with van der Waals surface area (Å²) in [6.45, 7) is 11.1. The summed E-state index contributed by atoms with van der Waals surface area (Å²) in [5.41, 5.74) is 3.29. The van der Waals surface area contributed by atoms with Crippen LogP contribution in [-0.2, 0) is 11.3 Å². The van der Waals surface area contributed by atoms with Crippen molar-refractivity contribution in [1.29, 1.82) is 0 Å². The number of nitrogens with zero attached hydrogens (tertiary/aromatic N) is 5. The number of halogens is 2. The molecule has 0 radical (unpaired) electrons. The summed E-state index contributed by atoms with van der Waals surface area (Å²) in [5, 5.41) is 10.4. The maximum Gasteiger partial charge on any atom is 0.337 e. The van der Waals surface area contributed by atoms with Crippen LogP contribution >= 0.6 is 11.6 Å². The zero-order valence-corrected chi connectivity index (χ0v) is 26.0. The van der Waals surface area contributed by atoms with Gasteiger partial charge in [-0.3, -0.25) is 4.79 Å². The van der Waals surface area contributed by atoms with Gasteiger partial charge in [-0.25, -0.2) is 19.2 Å². The summed E-state index contributed by atoms with van der Waals surface area (Å²) in [7, 11) is 0. The lowest BCUT2D eigenvalue weighted by Crippen LogP contribution is -2.61. The van der Waals surface area contributed by atoms with Crippen LogP contribution in [0.4, 0.5) is 10.2 Å². The lowest BCUT2D eigenvalue weighted by Gasteiger charge is -2.47. The highest BCUT2D eigenvalue weighted by molar-refractivity contribution is 6.30. The Morgan fingerprint density at radius 3 is 2.59 bits per heavy atom. The predicted octanol–water partition coefficient (Wildman–Crippen LogP) is 5.98. The average Bonchev–Trinajstić information content (AvgIpc) is 3.61. The molecular formula is C33H35ClFN5O4. The number of aryl methyl sites for hydroxylation is 2. The van der Waals surface area contributed by atoms with Crippen LogP contribution in [0.3, 0.4) is 0 Å². The van der Waals surface area contributed by atoms with Gasteiger partial charge in [0.15, 0.2) is 0 Å². The monoisotopic (exact) mass is 619 g/mol. The lowest BCUT2D eigenvalue weighted by atomic mass is 9.97. The smallest absolute Gasteiger partial charge is 0.337 e. The summed E-state index contributed by atoms with van der Waals surface area (Å²) < 4.78 is 22.1. The van der Waals surface area contributed by atoms with Gasteiger partial charge in [0.1, 0.15) is 23.0 Å². The Hall–Kier alpha value is -4.02. The molecule has 4 aromatic rings. The largest absolute Gasteiger partial charge is 0.478 e. The van der Waals surface area contributed by atoms with Crippen LogP contribution in [0.15, 0.2) is 42.6 Å². The van der Waals surface area contributed by atoms with Gasteiger partial charge in [0.05, 0.1) is 28.4 Å². The van der Waals surface area contributed by atoms with Gasteiger partial charge < -0.3 is 24.2 Å². The van der Waals surface area contributed by atoms with Crippen LogP contribution in [0, 0.1) is 25.6 Å². The van der Waals surface area contributed by atoms with Gasteiger partial charge in [0.2, 0.25) is 0 Å². The number of carboxylic acids is 1. The fourth-order valence-corrected chi connectivity index (χ4v) is 6.60. The summed E-state index contributed by atoms with van der Waals surface area (Å²) in [6.07, 6.45) is 2.91.